The first-order valence-electron chi connectivity index (χ1n) is 9.47. The van der Waals surface area contributed by atoms with Crippen molar-refractivity contribution >= 4 is 13.3 Å². The molecule has 1 fully saturated rings. The highest BCUT2D eigenvalue weighted by molar-refractivity contribution is 6.88. The van der Waals surface area contributed by atoms with Crippen molar-refractivity contribution in [2.45, 2.75) is 64.6 Å². The first kappa shape index (κ1) is 17.4. The first-order chi connectivity index (χ1) is 11.4. The van der Waals surface area contributed by atoms with Crippen LogP contribution in [0.4, 0.5) is 0 Å². The molecule has 1 saturated carbocycles. The molecule has 0 bridgehead atoms. The predicted octanol–water partition coefficient (Wildman–Crippen LogP) is 5.08. The summed E-state index contributed by atoms with van der Waals surface area (Å²) >= 11 is 0. The fourth-order valence-electron chi connectivity index (χ4n) is 3.97. The average molecular weight is 339 g/mol. The smallest absolute Gasteiger partial charge is 0.201 e. The van der Waals surface area contributed by atoms with Crippen molar-refractivity contribution in [2.75, 3.05) is 0 Å². The van der Waals surface area contributed by atoms with Crippen molar-refractivity contribution in [1.29, 1.82) is 0 Å². The van der Waals surface area contributed by atoms with E-state index in [1.54, 1.807) is 5.56 Å². The average Bonchev–Trinajstić information content (AvgIpc) is 2.55. The molecule has 2 heteroatoms. The van der Waals surface area contributed by atoms with Crippen molar-refractivity contribution in [3.05, 3.63) is 47.7 Å². The van der Waals surface area contributed by atoms with E-state index in [-0.39, 0.29) is 0 Å². The van der Waals surface area contributed by atoms with Crippen molar-refractivity contribution in [1.82, 2.24) is 0 Å². The number of hydrogen-bond acceptors (Lipinski definition) is 0. The summed E-state index contributed by atoms with van der Waals surface area (Å²) in [6.07, 6.45) is 9.21. The van der Waals surface area contributed by atoms with Gasteiger partial charge < -0.3 is 0 Å². The van der Waals surface area contributed by atoms with Crippen molar-refractivity contribution in [3.8, 4) is 11.3 Å². The Bertz CT molecular complexity index is 721. The summed E-state index contributed by atoms with van der Waals surface area (Å²) in [5.41, 5.74) is 5.71. The maximum Gasteiger partial charge on any atom is 0.212 e. The van der Waals surface area contributed by atoms with E-state index in [4.69, 9.17) is 0 Å². The van der Waals surface area contributed by atoms with E-state index in [1.165, 1.54) is 54.1 Å². The summed E-state index contributed by atoms with van der Waals surface area (Å²) in [7, 11) is 0.876. The van der Waals surface area contributed by atoms with Gasteiger partial charge in [-0.1, -0.05) is 51.0 Å². The van der Waals surface area contributed by atoms with Crippen LogP contribution in [0.2, 0.25) is 19.6 Å². The van der Waals surface area contributed by atoms with E-state index in [1.807, 2.05) is 0 Å². The molecule has 0 spiro atoms. The Morgan fingerprint density at radius 3 is 2.29 bits per heavy atom. The van der Waals surface area contributed by atoms with Gasteiger partial charge in [-0.15, -0.1) is 0 Å². The fourth-order valence-corrected chi connectivity index (χ4v) is 5.11. The van der Waals surface area contributed by atoms with Crippen LogP contribution in [-0.2, 0) is 7.05 Å². The summed E-state index contributed by atoms with van der Waals surface area (Å²) in [4.78, 5) is 0. The van der Waals surface area contributed by atoms with Crippen LogP contribution >= 0.6 is 0 Å². The molecule has 0 aliphatic heterocycles. The van der Waals surface area contributed by atoms with E-state index < -0.39 is 8.07 Å². The van der Waals surface area contributed by atoms with Crippen molar-refractivity contribution < 1.29 is 4.57 Å². The molecule has 1 aliphatic rings. The molecule has 0 saturated heterocycles. The second kappa shape index (κ2) is 6.83. The van der Waals surface area contributed by atoms with Gasteiger partial charge in [-0.3, -0.25) is 0 Å². The Kier molecular flexibility index (Phi) is 4.96. The number of rotatable bonds is 3. The Morgan fingerprint density at radius 1 is 0.958 bits per heavy atom. The lowest BCUT2D eigenvalue weighted by atomic mass is 9.83. The Labute approximate surface area is 148 Å². The van der Waals surface area contributed by atoms with Gasteiger partial charge in [0, 0.05) is 17.7 Å². The summed E-state index contributed by atoms with van der Waals surface area (Å²) in [6, 6.07) is 11.9. The summed E-state index contributed by atoms with van der Waals surface area (Å²) in [5, 5.41) is 1.53. The molecule has 1 aromatic heterocycles. The van der Waals surface area contributed by atoms with Crippen LogP contribution in [0, 0.1) is 6.92 Å². The van der Waals surface area contributed by atoms with Gasteiger partial charge in [0.15, 0.2) is 6.20 Å². The van der Waals surface area contributed by atoms with Gasteiger partial charge in [0.05, 0.1) is 8.07 Å². The molecule has 2 aromatic rings. The largest absolute Gasteiger partial charge is 0.212 e. The second-order valence-corrected chi connectivity index (χ2v) is 13.6. The van der Waals surface area contributed by atoms with Crippen LogP contribution in [0.25, 0.3) is 11.3 Å². The summed E-state index contributed by atoms with van der Waals surface area (Å²) in [5.74, 6) is 0.786. The minimum atomic E-state index is -1.29. The number of pyridine rings is 1. The number of aromatic nitrogens is 1. The van der Waals surface area contributed by atoms with Gasteiger partial charge in [0.25, 0.3) is 0 Å². The Balaban J connectivity index is 1.98. The second-order valence-electron chi connectivity index (χ2n) is 8.57. The third-order valence-corrected chi connectivity index (χ3v) is 7.66. The summed E-state index contributed by atoms with van der Waals surface area (Å²) in [6.45, 7) is 9.55. The molecular formula is C22H32NSi+. The van der Waals surface area contributed by atoms with Gasteiger partial charge >= 0.3 is 0 Å². The highest BCUT2D eigenvalue weighted by Crippen LogP contribution is 2.34. The molecule has 1 heterocycles. The third kappa shape index (κ3) is 3.64. The molecule has 3 rings (SSSR count). The highest BCUT2D eigenvalue weighted by atomic mass is 28.3. The van der Waals surface area contributed by atoms with Crippen LogP contribution in [0.3, 0.4) is 0 Å². The summed E-state index contributed by atoms with van der Waals surface area (Å²) < 4.78 is 2.27. The SMILES string of the molecule is Cc1cc(C2CCCCC2)ccc1-c1cc([Si](C)(C)C)cc[n+]1C. The molecular weight excluding hydrogens is 306 g/mol. The fraction of sp³-hybridized carbons (Fsp3) is 0.500. The standard InChI is InChI=1S/C22H32NSi/c1-17-15-19(18-9-7-6-8-10-18)11-12-21(17)22-16-20(24(3,4)5)13-14-23(22)2/h11-16,18H,6-10H2,1-5H3/q+1. The van der Waals surface area contributed by atoms with E-state index in [0.717, 1.165) is 5.92 Å². The van der Waals surface area contributed by atoms with Crippen molar-refractivity contribution in [2.24, 2.45) is 7.05 Å². The normalized spacial score (nSPS) is 16.4. The highest BCUT2D eigenvalue weighted by Gasteiger charge is 2.22. The van der Waals surface area contributed by atoms with Gasteiger partial charge in [-0.25, -0.2) is 4.57 Å². The van der Waals surface area contributed by atoms with Crippen LogP contribution in [-0.4, -0.2) is 8.07 Å². The molecule has 128 valence electrons. The molecule has 0 N–H and O–H groups in total. The molecule has 1 nitrogen and oxygen atoms in total. The zero-order valence-electron chi connectivity index (χ0n) is 16.0. The third-order valence-electron chi connectivity index (χ3n) is 5.62. The Hall–Kier alpha value is -1.41. The van der Waals surface area contributed by atoms with Crippen LogP contribution in [0.15, 0.2) is 36.5 Å². The molecule has 0 unspecified atom stereocenters. The number of aryl methyl sites for hydroxylation is 2. The minimum absolute atomic E-state index is 0.786. The Morgan fingerprint density at radius 2 is 1.67 bits per heavy atom. The molecule has 1 aromatic carbocycles. The molecule has 1 aliphatic carbocycles. The predicted molar refractivity (Wildman–Crippen MR) is 107 cm³/mol. The lowest BCUT2D eigenvalue weighted by Gasteiger charge is -2.23. The minimum Gasteiger partial charge on any atom is -0.201 e. The molecule has 0 atom stereocenters. The monoisotopic (exact) mass is 338 g/mol. The molecule has 0 amide bonds. The quantitative estimate of drug-likeness (QED) is 0.543. The maximum absolute atomic E-state index is 2.45. The van der Waals surface area contributed by atoms with Gasteiger partial charge in [-0.2, -0.15) is 0 Å². The molecule has 24 heavy (non-hydrogen) atoms. The number of hydrogen-bond donors (Lipinski definition) is 0. The van der Waals surface area contributed by atoms with E-state index in [0.29, 0.717) is 0 Å². The lowest BCUT2D eigenvalue weighted by molar-refractivity contribution is -0.660. The maximum atomic E-state index is 2.45. The van der Waals surface area contributed by atoms with E-state index in [9.17, 15) is 0 Å². The van der Waals surface area contributed by atoms with Crippen molar-refractivity contribution in [3.63, 3.8) is 0 Å². The van der Waals surface area contributed by atoms with Crippen LogP contribution in [0.1, 0.15) is 49.1 Å². The topological polar surface area (TPSA) is 3.88 Å². The van der Waals surface area contributed by atoms with Gasteiger partial charge in [0.1, 0.15) is 7.05 Å². The van der Waals surface area contributed by atoms with Crippen LogP contribution in [0.5, 0.6) is 0 Å². The number of nitrogens with zero attached hydrogens (tertiary/aromatic N) is 1. The van der Waals surface area contributed by atoms with E-state index in [2.05, 4.69) is 74.7 Å². The zero-order chi connectivity index (χ0) is 17.3. The lowest BCUT2D eigenvalue weighted by Crippen LogP contribution is -2.42. The van der Waals surface area contributed by atoms with Gasteiger partial charge in [0.2, 0.25) is 5.69 Å². The number of benzene rings is 1. The van der Waals surface area contributed by atoms with Crippen LogP contribution < -0.4 is 9.75 Å². The first-order valence-corrected chi connectivity index (χ1v) is 13.0. The van der Waals surface area contributed by atoms with E-state index >= 15 is 0 Å². The zero-order valence-corrected chi connectivity index (χ0v) is 17.0. The van der Waals surface area contributed by atoms with Gasteiger partial charge in [-0.05, 0) is 48.1 Å². The molecule has 0 radical (unpaired) electrons.